The van der Waals surface area contributed by atoms with E-state index in [1.54, 1.807) is 4.52 Å². The van der Waals surface area contributed by atoms with E-state index in [1.165, 1.54) is 0 Å². The van der Waals surface area contributed by atoms with Crippen LogP contribution in [0.25, 0.3) is 39.1 Å². The zero-order valence-corrected chi connectivity index (χ0v) is 15.8. The van der Waals surface area contributed by atoms with Crippen LogP contribution < -0.4 is 4.85 Å². The Kier molecular flexibility index (Phi) is 3.66. The maximum atomic E-state index is 13.4. The van der Waals surface area contributed by atoms with Crippen LogP contribution in [0.15, 0.2) is 78.9 Å². The molecule has 2 aromatic heterocycles. The number of aryl methyl sites for hydroxylation is 2. The van der Waals surface area contributed by atoms with Crippen molar-refractivity contribution in [2.24, 2.45) is 0 Å². The predicted molar refractivity (Wildman–Crippen MR) is 112 cm³/mol. The van der Waals surface area contributed by atoms with Gasteiger partial charge in [-0.1, -0.05) is 53.4 Å². The Hall–Kier alpha value is -3.66. The topological polar surface area (TPSA) is 44.2 Å². The molecule has 0 bridgehead atoms. The lowest BCUT2D eigenvalue weighted by molar-refractivity contribution is -0.663. The molecule has 0 unspecified atom stereocenters. The molecule has 0 saturated carbocycles. The third-order valence-corrected chi connectivity index (χ3v) is 5.30. The first kappa shape index (κ1) is 16.5. The lowest BCUT2D eigenvalue weighted by Gasteiger charge is -2.09. The van der Waals surface area contributed by atoms with Crippen LogP contribution in [0.3, 0.4) is 0 Å². The number of fused-ring (bicyclic) bond motifs is 3. The van der Waals surface area contributed by atoms with E-state index < -0.39 is 0 Å². The lowest BCUT2D eigenvalue weighted by Crippen LogP contribution is -2.35. The summed E-state index contributed by atoms with van der Waals surface area (Å²) in [6.45, 7) is 4.13. The molecule has 0 spiro atoms. The smallest absolute Gasteiger partial charge is 0.252 e. The quantitative estimate of drug-likeness (QED) is 0.324. The molecule has 3 aromatic carbocycles. The normalized spacial score (nSPS) is 11.4. The largest absolute Gasteiger partial charge is 0.595 e. The molecule has 0 aliphatic rings. The van der Waals surface area contributed by atoms with Crippen LogP contribution in [0.4, 0.5) is 0 Å². The van der Waals surface area contributed by atoms with Crippen molar-refractivity contribution in [1.82, 2.24) is 9.50 Å². The van der Waals surface area contributed by atoms with E-state index in [1.807, 2.05) is 72.8 Å². The predicted octanol–water partition coefficient (Wildman–Crippen LogP) is 5.07. The first-order valence-electron chi connectivity index (χ1n) is 9.30. The van der Waals surface area contributed by atoms with Gasteiger partial charge in [0.05, 0.1) is 11.1 Å². The molecule has 0 aliphatic carbocycles. The maximum Gasteiger partial charge on any atom is 0.252 e. The van der Waals surface area contributed by atoms with Crippen LogP contribution in [0, 0.1) is 19.1 Å². The van der Waals surface area contributed by atoms with Crippen LogP contribution in [0.2, 0.25) is 0 Å². The number of rotatable bonds is 2. The minimum atomic E-state index is 0.616. The SMILES string of the molecule is Cc1cc2nc(-c3ccccc3)c3cc(-c4ccccc4)[n+]([O-])n3c2cc1C. The molecule has 2 heterocycles. The van der Waals surface area contributed by atoms with E-state index in [9.17, 15) is 5.21 Å². The first-order chi connectivity index (χ1) is 13.6. The van der Waals surface area contributed by atoms with Crippen molar-refractivity contribution in [2.45, 2.75) is 13.8 Å². The average molecular weight is 365 g/mol. The highest BCUT2D eigenvalue weighted by molar-refractivity contribution is 5.88. The highest BCUT2D eigenvalue weighted by Crippen LogP contribution is 2.30. The summed E-state index contributed by atoms with van der Waals surface area (Å²) in [5.41, 5.74) is 8.03. The molecular formula is C24H19N3O. The standard InChI is InChI=1S/C24H19N3O/c1-16-13-20-22(14-17(16)2)26-23(24(25-20)19-11-7-4-8-12-19)15-21(27(26)28)18-9-5-3-6-10-18/h3-15H,1-2H3. The fourth-order valence-electron chi connectivity index (χ4n) is 3.68. The summed E-state index contributed by atoms with van der Waals surface area (Å²) in [4.78, 5) is 5.93. The minimum Gasteiger partial charge on any atom is -0.595 e. The van der Waals surface area contributed by atoms with E-state index in [0.29, 0.717) is 5.69 Å². The Labute approximate surface area is 162 Å². The highest BCUT2D eigenvalue weighted by Gasteiger charge is 2.22. The van der Waals surface area contributed by atoms with Crippen molar-refractivity contribution < 1.29 is 4.85 Å². The van der Waals surface area contributed by atoms with Crippen molar-refractivity contribution in [3.63, 3.8) is 0 Å². The molecule has 0 saturated heterocycles. The second-order valence-corrected chi connectivity index (χ2v) is 7.12. The fourth-order valence-corrected chi connectivity index (χ4v) is 3.68. The summed E-state index contributed by atoms with van der Waals surface area (Å²) in [6, 6.07) is 25.8. The number of aromatic nitrogens is 3. The van der Waals surface area contributed by atoms with Gasteiger partial charge in [0, 0.05) is 11.6 Å². The maximum absolute atomic E-state index is 13.4. The third-order valence-electron chi connectivity index (χ3n) is 5.30. The third kappa shape index (κ3) is 2.46. The van der Waals surface area contributed by atoms with Gasteiger partial charge in [-0.3, -0.25) is 0 Å². The van der Waals surface area contributed by atoms with Crippen molar-refractivity contribution >= 4 is 16.6 Å². The van der Waals surface area contributed by atoms with Gasteiger partial charge in [-0.2, -0.15) is 0 Å². The lowest BCUT2D eigenvalue weighted by atomic mass is 10.1. The van der Waals surface area contributed by atoms with Crippen LogP contribution in [-0.4, -0.2) is 9.50 Å². The zero-order valence-electron chi connectivity index (χ0n) is 15.8. The molecule has 136 valence electrons. The summed E-state index contributed by atoms with van der Waals surface area (Å²) in [5.74, 6) is 0. The molecule has 5 aromatic rings. The van der Waals surface area contributed by atoms with Gasteiger partial charge in [0.25, 0.3) is 5.69 Å². The van der Waals surface area contributed by atoms with Crippen molar-refractivity contribution in [3.05, 3.63) is 95.2 Å². The molecule has 0 radical (unpaired) electrons. The van der Waals surface area contributed by atoms with Crippen molar-refractivity contribution in [1.29, 1.82) is 0 Å². The van der Waals surface area contributed by atoms with E-state index in [2.05, 4.69) is 19.9 Å². The molecule has 0 fully saturated rings. The number of hydrogen-bond donors (Lipinski definition) is 0. The van der Waals surface area contributed by atoms with Gasteiger partial charge in [-0.05, 0) is 49.2 Å². The van der Waals surface area contributed by atoms with E-state index >= 15 is 0 Å². The zero-order chi connectivity index (χ0) is 19.3. The van der Waals surface area contributed by atoms with Gasteiger partial charge in [0.2, 0.25) is 0 Å². The van der Waals surface area contributed by atoms with E-state index in [0.717, 1.165) is 49.3 Å². The Morgan fingerprint density at radius 3 is 2.04 bits per heavy atom. The molecule has 4 heteroatoms. The highest BCUT2D eigenvalue weighted by atomic mass is 16.5. The second kappa shape index (κ2) is 6.20. The van der Waals surface area contributed by atoms with E-state index in [-0.39, 0.29) is 0 Å². The van der Waals surface area contributed by atoms with E-state index in [4.69, 9.17) is 4.98 Å². The Balaban J connectivity index is 1.95. The Morgan fingerprint density at radius 1 is 0.750 bits per heavy atom. The van der Waals surface area contributed by atoms with Gasteiger partial charge in [0.15, 0.2) is 0 Å². The summed E-state index contributed by atoms with van der Waals surface area (Å²) < 4.78 is 1.74. The molecule has 5 rings (SSSR count). The van der Waals surface area contributed by atoms with Gasteiger partial charge < -0.3 is 5.21 Å². The molecule has 0 aliphatic heterocycles. The molecule has 4 nitrogen and oxygen atoms in total. The average Bonchev–Trinajstić information content (AvgIpc) is 3.07. The van der Waals surface area contributed by atoms with Gasteiger partial charge in [-0.15, -0.1) is 4.52 Å². The van der Waals surface area contributed by atoms with Crippen LogP contribution >= 0.6 is 0 Å². The summed E-state index contributed by atoms with van der Waals surface area (Å²) in [6.07, 6.45) is 0. The monoisotopic (exact) mass is 365 g/mol. The Morgan fingerprint density at radius 2 is 1.36 bits per heavy atom. The van der Waals surface area contributed by atoms with Crippen molar-refractivity contribution in [3.8, 4) is 22.5 Å². The number of hydrogen-bond acceptors (Lipinski definition) is 2. The first-order valence-corrected chi connectivity index (χ1v) is 9.30. The number of nitrogens with zero attached hydrogens (tertiary/aromatic N) is 3. The fraction of sp³-hybridized carbons (Fsp3) is 0.0833. The van der Waals surface area contributed by atoms with Crippen LogP contribution in [-0.2, 0) is 0 Å². The molecule has 0 atom stereocenters. The summed E-state index contributed by atoms with van der Waals surface area (Å²) in [7, 11) is 0. The molecular weight excluding hydrogens is 346 g/mol. The van der Waals surface area contributed by atoms with Gasteiger partial charge in [-0.25, -0.2) is 4.98 Å². The Bertz CT molecular complexity index is 1320. The molecule has 0 amide bonds. The van der Waals surface area contributed by atoms with Gasteiger partial charge in [0.1, 0.15) is 16.7 Å². The van der Waals surface area contributed by atoms with Crippen LogP contribution in [0.5, 0.6) is 0 Å². The van der Waals surface area contributed by atoms with Crippen molar-refractivity contribution in [2.75, 3.05) is 0 Å². The molecule has 0 N–H and O–H groups in total. The van der Waals surface area contributed by atoms with Gasteiger partial charge >= 0.3 is 0 Å². The number of benzene rings is 3. The summed E-state index contributed by atoms with van der Waals surface area (Å²) >= 11 is 0. The van der Waals surface area contributed by atoms with Crippen LogP contribution in [0.1, 0.15) is 11.1 Å². The second-order valence-electron chi connectivity index (χ2n) is 7.12. The molecule has 28 heavy (non-hydrogen) atoms. The summed E-state index contributed by atoms with van der Waals surface area (Å²) in [5, 5.41) is 13.4. The minimum absolute atomic E-state index is 0.616.